The summed E-state index contributed by atoms with van der Waals surface area (Å²) in [5, 5.41) is 2.59. The van der Waals surface area contributed by atoms with E-state index in [9.17, 15) is 22.8 Å². The molecule has 1 atom stereocenters. The highest BCUT2D eigenvalue weighted by Gasteiger charge is 2.30. The number of nitrogens with zero attached hydrogens (tertiary/aromatic N) is 1. The second kappa shape index (κ2) is 7.26. The first-order valence-electron chi connectivity index (χ1n) is 8.29. The first kappa shape index (κ1) is 18.7. The number of alkyl halides is 3. The molecular weight excluding hydrogens is 357 g/mol. The van der Waals surface area contributed by atoms with Gasteiger partial charge in [-0.05, 0) is 41.5 Å². The lowest BCUT2D eigenvalue weighted by Gasteiger charge is -2.32. The van der Waals surface area contributed by atoms with Crippen molar-refractivity contribution in [1.82, 2.24) is 4.90 Å². The molecule has 1 heterocycles. The third kappa shape index (κ3) is 4.19. The van der Waals surface area contributed by atoms with E-state index in [1.54, 1.807) is 12.3 Å². The molecule has 0 radical (unpaired) electrons. The molecule has 0 bridgehead atoms. The Labute approximate surface area is 154 Å². The fourth-order valence-corrected chi connectivity index (χ4v) is 3.04. The van der Waals surface area contributed by atoms with Crippen molar-refractivity contribution in [3.8, 4) is 0 Å². The number of hydrogen-bond donors (Lipinski definition) is 1. The number of rotatable bonds is 3. The van der Waals surface area contributed by atoms with Crippen LogP contribution >= 0.6 is 0 Å². The molecule has 27 heavy (non-hydrogen) atoms. The zero-order chi connectivity index (χ0) is 19.6. The Balaban J connectivity index is 1.76. The summed E-state index contributed by atoms with van der Waals surface area (Å²) in [7, 11) is 0. The maximum Gasteiger partial charge on any atom is 0.416 e. The van der Waals surface area contributed by atoms with Gasteiger partial charge in [0.2, 0.25) is 11.8 Å². The zero-order valence-electron chi connectivity index (χ0n) is 14.5. The number of amides is 2. The molecule has 0 aromatic heterocycles. The minimum atomic E-state index is -4.43. The highest BCUT2D eigenvalue weighted by atomic mass is 19.4. The van der Waals surface area contributed by atoms with Crippen LogP contribution in [0.1, 0.15) is 36.1 Å². The lowest BCUT2D eigenvalue weighted by atomic mass is 9.93. The minimum absolute atomic E-state index is 0.0119. The van der Waals surface area contributed by atoms with Gasteiger partial charge in [-0.15, -0.1) is 0 Å². The van der Waals surface area contributed by atoms with Crippen molar-refractivity contribution < 1.29 is 22.8 Å². The molecule has 2 aromatic rings. The summed E-state index contributed by atoms with van der Waals surface area (Å²) in [6.07, 6.45) is -0.994. The van der Waals surface area contributed by atoms with Crippen LogP contribution < -0.4 is 5.32 Å². The van der Waals surface area contributed by atoms with E-state index in [2.05, 4.69) is 5.32 Å². The molecule has 0 saturated carbocycles. The summed E-state index contributed by atoms with van der Waals surface area (Å²) in [5.74, 6) is -0.593. The number of halogens is 3. The highest BCUT2D eigenvalue weighted by Crippen LogP contribution is 2.33. The molecule has 4 nitrogen and oxygen atoms in total. The second-order valence-electron chi connectivity index (χ2n) is 6.21. The zero-order valence-corrected chi connectivity index (χ0v) is 14.5. The van der Waals surface area contributed by atoms with Gasteiger partial charge in [0, 0.05) is 18.8 Å². The summed E-state index contributed by atoms with van der Waals surface area (Å²) in [5.41, 5.74) is 1.25. The fraction of sp³-hybridized carbons (Fsp3) is 0.200. The van der Waals surface area contributed by atoms with Gasteiger partial charge in [-0.25, -0.2) is 0 Å². The van der Waals surface area contributed by atoms with E-state index in [-0.39, 0.29) is 18.0 Å². The number of hydrogen-bond acceptors (Lipinski definition) is 2. The van der Waals surface area contributed by atoms with Crippen molar-refractivity contribution in [2.75, 3.05) is 5.32 Å². The van der Waals surface area contributed by atoms with Crippen LogP contribution in [0.2, 0.25) is 0 Å². The van der Waals surface area contributed by atoms with Crippen molar-refractivity contribution >= 4 is 23.6 Å². The maximum absolute atomic E-state index is 12.6. The standard InChI is InChI=1S/C20H17F3N2O2/c1-13(26)25-11-10-14-4-2-3-5-17(14)18(25)12-19(27)24-16-8-6-15(7-9-16)20(21,22)23/h2-11,18H,12H2,1H3,(H,24,27). The maximum atomic E-state index is 12.6. The predicted octanol–water partition coefficient (Wildman–Crippen LogP) is 4.61. The summed E-state index contributed by atoms with van der Waals surface area (Å²) in [4.78, 5) is 25.9. The van der Waals surface area contributed by atoms with Gasteiger partial charge >= 0.3 is 6.18 Å². The molecule has 0 spiro atoms. The van der Waals surface area contributed by atoms with Gasteiger partial charge in [0.1, 0.15) is 0 Å². The highest BCUT2D eigenvalue weighted by molar-refractivity contribution is 5.92. The molecule has 2 amide bonds. The van der Waals surface area contributed by atoms with E-state index in [1.165, 1.54) is 24.0 Å². The van der Waals surface area contributed by atoms with E-state index in [0.29, 0.717) is 0 Å². The van der Waals surface area contributed by atoms with Crippen molar-refractivity contribution in [3.63, 3.8) is 0 Å². The Morgan fingerprint density at radius 3 is 2.37 bits per heavy atom. The van der Waals surface area contributed by atoms with Crippen LogP contribution in [0.25, 0.3) is 6.08 Å². The Morgan fingerprint density at radius 1 is 1.07 bits per heavy atom. The first-order valence-corrected chi connectivity index (χ1v) is 8.29. The van der Waals surface area contributed by atoms with Crippen LogP contribution in [0.4, 0.5) is 18.9 Å². The van der Waals surface area contributed by atoms with Gasteiger partial charge in [0.15, 0.2) is 0 Å². The molecular formula is C20H17F3N2O2. The third-order valence-corrected chi connectivity index (χ3v) is 4.34. The van der Waals surface area contributed by atoms with Gasteiger partial charge in [-0.3, -0.25) is 9.59 Å². The van der Waals surface area contributed by atoms with Gasteiger partial charge in [-0.1, -0.05) is 24.3 Å². The molecule has 0 fully saturated rings. The molecule has 1 aliphatic heterocycles. The van der Waals surface area contributed by atoms with E-state index in [4.69, 9.17) is 0 Å². The van der Waals surface area contributed by atoms with Crippen molar-refractivity contribution in [2.24, 2.45) is 0 Å². The largest absolute Gasteiger partial charge is 0.416 e. The average Bonchev–Trinajstić information content (AvgIpc) is 2.61. The Kier molecular flexibility index (Phi) is 5.03. The van der Waals surface area contributed by atoms with Crippen molar-refractivity contribution in [1.29, 1.82) is 0 Å². The summed E-state index contributed by atoms with van der Waals surface area (Å²) < 4.78 is 37.9. The number of fused-ring (bicyclic) bond motifs is 1. The van der Waals surface area contributed by atoms with Crippen molar-refractivity contribution in [2.45, 2.75) is 25.6 Å². The van der Waals surface area contributed by atoms with E-state index < -0.39 is 23.7 Å². The van der Waals surface area contributed by atoms with E-state index >= 15 is 0 Å². The summed E-state index contributed by atoms with van der Waals surface area (Å²) in [6, 6.07) is 11.2. The third-order valence-electron chi connectivity index (χ3n) is 4.34. The fourth-order valence-electron chi connectivity index (χ4n) is 3.04. The summed E-state index contributed by atoms with van der Waals surface area (Å²) >= 11 is 0. The first-order chi connectivity index (χ1) is 12.8. The van der Waals surface area contributed by atoms with Crippen LogP contribution in [0.3, 0.4) is 0 Å². The Hall–Kier alpha value is -3.09. The molecule has 1 aliphatic rings. The number of carbonyl (C=O) groups is 2. The van der Waals surface area contributed by atoms with Crippen LogP contribution in [0, 0.1) is 0 Å². The molecule has 0 aliphatic carbocycles. The van der Waals surface area contributed by atoms with Gasteiger partial charge in [0.25, 0.3) is 0 Å². The predicted molar refractivity (Wildman–Crippen MR) is 95.4 cm³/mol. The number of carbonyl (C=O) groups excluding carboxylic acids is 2. The van der Waals surface area contributed by atoms with Gasteiger partial charge in [-0.2, -0.15) is 13.2 Å². The normalized spacial score (nSPS) is 16.0. The number of nitrogens with one attached hydrogen (secondary N) is 1. The lowest BCUT2D eigenvalue weighted by Crippen LogP contribution is -2.33. The molecule has 140 valence electrons. The molecule has 3 rings (SSSR count). The molecule has 2 aromatic carbocycles. The molecule has 0 saturated heterocycles. The van der Waals surface area contributed by atoms with Gasteiger partial charge < -0.3 is 10.2 Å². The number of benzene rings is 2. The molecule has 1 unspecified atom stereocenters. The van der Waals surface area contributed by atoms with E-state index in [1.807, 2.05) is 24.3 Å². The SMILES string of the molecule is CC(=O)N1C=Cc2ccccc2C1CC(=O)Nc1ccc(C(F)(F)F)cc1. The van der Waals surface area contributed by atoms with Crippen LogP contribution in [0.15, 0.2) is 54.7 Å². The lowest BCUT2D eigenvalue weighted by molar-refractivity contribution is -0.137. The Morgan fingerprint density at radius 2 is 1.74 bits per heavy atom. The second-order valence-corrected chi connectivity index (χ2v) is 6.21. The average molecular weight is 374 g/mol. The monoisotopic (exact) mass is 374 g/mol. The minimum Gasteiger partial charge on any atom is -0.326 e. The van der Waals surface area contributed by atoms with Crippen LogP contribution in [-0.4, -0.2) is 16.7 Å². The molecule has 7 heteroatoms. The number of anilines is 1. The van der Waals surface area contributed by atoms with Gasteiger partial charge in [0.05, 0.1) is 18.0 Å². The van der Waals surface area contributed by atoms with Crippen LogP contribution in [0.5, 0.6) is 0 Å². The Bertz CT molecular complexity index is 889. The van der Waals surface area contributed by atoms with E-state index in [0.717, 1.165) is 23.3 Å². The van der Waals surface area contributed by atoms with Crippen LogP contribution in [-0.2, 0) is 15.8 Å². The quantitative estimate of drug-likeness (QED) is 0.853. The van der Waals surface area contributed by atoms with Crippen molar-refractivity contribution in [3.05, 3.63) is 71.4 Å². The smallest absolute Gasteiger partial charge is 0.326 e. The summed E-state index contributed by atoms with van der Waals surface area (Å²) in [6.45, 7) is 1.42. The topological polar surface area (TPSA) is 49.4 Å². The molecule has 1 N–H and O–H groups in total.